The van der Waals surface area contributed by atoms with Crippen LogP contribution in [0.5, 0.6) is 0 Å². The number of rotatable bonds is 6. The van der Waals surface area contributed by atoms with Gasteiger partial charge in [0.2, 0.25) is 0 Å². The van der Waals surface area contributed by atoms with Crippen molar-refractivity contribution in [2.75, 3.05) is 46.3 Å². The number of benzene rings is 1. The molecule has 2 amide bonds. The first-order valence-corrected chi connectivity index (χ1v) is 8.56. The van der Waals surface area contributed by atoms with Gasteiger partial charge in [-0.3, -0.25) is 4.90 Å². The van der Waals surface area contributed by atoms with E-state index in [1.54, 1.807) is 12.1 Å². The molecule has 0 aromatic heterocycles. The van der Waals surface area contributed by atoms with Gasteiger partial charge in [0.25, 0.3) is 0 Å². The number of halogens is 1. The Hall–Kier alpha value is -1.66. The summed E-state index contributed by atoms with van der Waals surface area (Å²) in [6, 6.07) is 6.21. The lowest BCUT2D eigenvalue weighted by molar-refractivity contribution is 0.0633. The van der Waals surface area contributed by atoms with Gasteiger partial charge in [-0.15, -0.1) is 0 Å². The molecule has 1 aliphatic rings. The molecule has 0 radical (unpaired) electrons. The average Bonchev–Trinajstić information content (AvgIpc) is 2.55. The molecule has 1 aromatic carbocycles. The zero-order valence-electron chi connectivity index (χ0n) is 14.9. The topological polar surface area (TPSA) is 47.6 Å². The van der Waals surface area contributed by atoms with Crippen molar-refractivity contribution in [3.63, 3.8) is 0 Å². The van der Waals surface area contributed by atoms with Gasteiger partial charge in [-0.25, -0.2) is 9.18 Å². The van der Waals surface area contributed by atoms with Crippen molar-refractivity contribution in [3.8, 4) is 0 Å². The zero-order chi connectivity index (χ0) is 17.6. The number of nitrogens with zero attached hydrogens (tertiary/aromatic N) is 2. The Bertz CT molecular complexity index is 524. The summed E-state index contributed by atoms with van der Waals surface area (Å²) >= 11 is 0. The third-order valence-electron chi connectivity index (χ3n) is 4.65. The van der Waals surface area contributed by atoms with E-state index in [1.165, 1.54) is 12.1 Å². The van der Waals surface area contributed by atoms with Crippen molar-refractivity contribution in [2.45, 2.75) is 25.8 Å². The highest BCUT2D eigenvalue weighted by atomic mass is 19.1. The second kappa shape index (κ2) is 8.44. The fourth-order valence-electron chi connectivity index (χ4n) is 2.85. The minimum absolute atomic E-state index is 0.0600. The van der Waals surface area contributed by atoms with E-state index in [2.05, 4.69) is 41.3 Å². The number of urea groups is 1. The van der Waals surface area contributed by atoms with Crippen molar-refractivity contribution in [1.82, 2.24) is 20.4 Å². The predicted molar refractivity (Wildman–Crippen MR) is 94.7 cm³/mol. The molecule has 6 heteroatoms. The number of nitrogens with one attached hydrogen (secondary N) is 2. The largest absolute Gasteiger partial charge is 0.338 e. The Balaban J connectivity index is 1.67. The molecule has 1 aliphatic heterocycles. The lowest BCUT2D eigenvalue weighted by atomic mass is 10.0. The van der Waals surface area contributed by atoms with Crippen molar-refractivity contribution in [2.24, 2.45) is 0 Å². The first kappa shape index (κ1) is 18.7. The summed E-state index contributed by atoms with van der Waals surface area (Å²) in [5.74, 6) is -0.240. The molecule has 2 N–H and O–H groups in total. The number of hydrogen-bond acceptors (Lipinski definition) is 3. The molecule has 0 spiro atoms. The Morgan fingerprint density at radius 2 is 1.75 bits per heavy atom. The molecule has 0 atom stereocenters. The van der Waals surface area contributed by atoms with E-state index in [0.29, 0.717) is 19.5 Å². The summed E-state index contributed by atoms with van der Waals surface area (Å²) in [7, 11) is 2.14. The summed E-state index contributed by atoms with van der Waals surface area (Å²) in [5.41, 5.74) is 0.949. The standard InChI is InChI=1S/C18H29FN4O/c1-18(2,23-12-10-22(3)11-13-23)14-21-17(24)20-9-8-15-4-6-16(19)7-5-15/h4-7H,8-14H2,1-3H3,(H2,20,21,24). The third kappa shape index (κ3) is 5.76. The molecule has 1 fully saturated rings. The molecular formula is C18H29FN4O. The minimum Gasteiger partial charge on any atom is -0.338 e. The fourth-order valence-corrected chi connectivity index (χ4v) is 2.85. The second-order valence-corrected chi connectivity index (χ2v) is 7.09. The summed E-state index contributed by atoms with van der Waals surface area (Å²) in [4.78, 5) is 16.7. The van der Waals surface area contributed by atoms with Crippen molar-refractivity contribution >= 4 is 6.03 Å². The molecule has 5 nitrogen and oxygen atoms in total. The molecule has 0 aliphatic carbocycles. The number of likely N-dealkylation sites (N-methyl/N-ethyl adjacent to an activating group) is 1. The van der Waals surface area contributed by atoms with E-state index < -0.39 is 0 Å². The normalized spacial score (nSPS) is 16.8. The number of piperazine rings is 1. The van der Waals surface area contributed by atoms with Gasteiger partial charge < -0.3 is 15.5 Å². The average molecular weight is 336 g/mol. The van der Waals surface area contributed by atoms with Crippen LogP contribution in [0.4, 0.5) is 9.18 Å². The van der Waals surface area contributed by atoms with Crippen LogP contribution in [-0.2, 0) is 6.42 Å². The first-order chi connectivity index (χ1) is 11.4. The van der Waals surface area contributed by atoms with Crippen LogP contribution >= 0.6 is 0 Å². The van der Waals surface area contributed by atoms with Gasteiger partial charge in [-0.05, 0) is 45.0 Å². The zero-order valence-corrected chi connectivity index (χ0v) is 14.9. The van der Waals surface area contributed by atoms with Crippen LogP contribution in [0.1, 0.15) is 19.4 Å². The van der Waals surface area contributed by atoms with E-state index in [0.717, 1.165) is 31.7 Å². The van der Waals surface area contributed by atoms with Crippen molar-refractivity contribution < 1.29 is 9.18 Å². The van der Waals surface area contributed by atoms with Crippen LogP contribution in [0.2, 0.25) is 0 Å². The van der Waals surface area contributed by atoms with E-state index in [9.17, 15) is 9.18 Å². The minimum atomic E-state index is -0.240. The molecule has 0 bridgehead atoms. The SMILES string of the molecule is CN1CCN(C(C)(C)CNC(=O)NCCc2ccc(F)cc2)CC1. The van der Waals surface area contributed by atoms with E-state index in [4.69, 9.17) is 0 Å². The highest BCUT2D eigenvalue weighted by molar-refractivity contribution is 5.73. The Labute approximate surface area is 144 Å². The summed E-state index contributed by atoms with van der Waals surface area (Å²) in [6.07, 6.45) is 0.690. The molecule has 0 unspecified atom stereocenters. The number of carbonyl (C=O) groups is 1. The van der Waals surface area contributed by atoms with Crippen LogP contribution in [-0.4, -0.2) is 67.7 Å². The van der Waals surface area contributed by atoms with Gasteiger partial charge in [0, 0.05) is 44.8 Å². The van der Waals surface area contributed by atoms with Crippen molar-refractivity contribution in [1.29, 1.82) is 0 Å². The molecule has 1 aromatic rings. The van der Waals surface area contributed by atoms with Gasteiger partial charge >= 0.3 is 6.03 Å². The monoisotopic (exact) mass is 336 g/mol. The number of carbonyl (C=O) groups excluding carboxylic acids is 1. The number of hydrogen-bond donors (Lipinski definition) is 2. The van der Waals surface area contributed by atoms with Crippen molar-refractivity contribution in [3.05, 3.63) is 35.6 Å². The molecule has 24 heavy (non-hydrogen) atoms. The van der Waals surface area contributed by atoms with Gasteiger partial charge in [0.1, 0.15) is 5.82 Å². The maximum Gasteiger partial charge on any atom is 0.314 e. The molecule has 1 heterocycles. The summed E-state index contributed by atoms with van der Waals surface area (Å²) in [5, 5.41) is 5.82. The van der Waals surface area contributed by atoms with Gasteiger partial charge in [-0.1, -0.05) is 12.1 Å². The van der Waals surface area contributed by atoms with Gasteiger partial charge in [0.15, 0.2) is 0 Å². The van der Waals surface area contributed by atoms with Crippen LogP contribution < -0.4 is 10.6 Å². The number of amides is 2. The smallest absolute Gasteiger partial charge is 0.314 e. The maximum atomic E-state index is 12.8. The van der Waals surface area contributed by atoms with E-state index in [-0.39, 0.29) is 17.4 Å². The fraction of sp³-hybridized carbons (Fsp3) is 0.611. The Kier molecular flexibility index (Phi) is 6.57. The van der Waals surface area contributed by atoms with Gasteiger partial charge in [-0.2, -0.15) is 0 Å². The van der Waals surface area contributed by atoms with Crippen LogP contribution in [0.3, 0.4) is 0 Å². The van der Waals surface area contributed by atoms with Crippen LogP contribution in [0, 0.1) is 5.82 Å². The highest BCUT2D eigenvalue weighted by Crippen LogP contribution is 2.15. The van der Waals surface area contributed by atoms with Crippen LogP contribution in [0.25, 0.3) is 0 Å². The molecule has 134 valence electrons. The first-order valence-electron chi connectivity index (χ1n) is 8.56. The van der Waals surface area contributed by atoms with E-state index >= 15 is 0 Å². The lowest BCUT2D eigenvalue weighted by Gasteiger charge is -2.43. The molecule has 0 saturated carbocycles. The second-order valence-electron chi connectivity index (χ2n) is 7.09. The summed E-state index contributed by atoms with van der Waals surface area (Å²) in [6.45, 7) is 9.65. The Morgan fingerprint density at radius 3 is 2.38 bits per heavy atom. The Morgan fingerprint density at radius 1 is 1.12 bits per heavy atom. The summed E-state index contributed by atoms with van der Waals surface area (Å²) < 4.78 is 12.8. The lowest BCUT2D eigenvalue weighted by Crippen LogP contribution is -2.58. The maximum absolute atomic E-state index is 12.8. The quantitative estimate of drug-likeness (QED) is 0.831. The highest BCUT2D eigenvalue weighted by Gasteiger charge is 2.29. The van der Waals surface area contributed by atoms with E-state index in [1.807, 2.05) is 0 Å². The predicted octanol–water partition coefficient (Wildman–Crippen LogP) is 1.69. The molecule has 2 rings (SSSR count). The third-order valence-corrected chi connectivity index (χ3v) is 4.65. The molecule has 1 saturated heterocycles. The molecular weight excluding hydrogens is 307 g/mol. The van der Waals surface area contributed by atoms with Crippen LogP contribution in [0.15, 0.2) is 24.3 Å². The van der Waals surface area contributed by atoms with Gasteiger partial charge in [0.05, 0.1) is 0 Å².